The number of carbonyl (C=O) groups excluding carboxylic acids is 2. The minimum atomic E-state index is -0.610. The molecule has 0 heterocycles. The molecular formula is C13H16ClFN2O2. The van der Waals surface area contributed by atoms with Crippen LogP contribution in [0.2, 0.25) is 5.02 Å². The number of amides is 2. The van der Waals surface area contributed by atoms with Crippen LogP contribution in [-0.4, -0.2) is 29.3 Å². The van der Waals surface area contributed by atoms with Gasteiger partial charge in [0.15, 0.2) is 0 Å². The number of rotatable bonds is 5. The summed E-state index contributed by atoms with van der Waals surface area (Å²) in [5, 5.41) is 0.191. The molecule has 2 N–H and O–H groups in total. The van der Waals surface area contributed by atoms with E-state index in [1.807, 2.05) is 0 Å². The number of hydrogen-bond acceptors (Lipinski definition) is 2. The zero-order chi connectivity index (χ0) is 14.6. The van der Waals surface area contributed by atoms with Crippen LogP contribution < -0.4 is 5.73 Å². The third-order valence-electron chi connectivity index (χ3n) is 2.66. The van der Waals surface area contributed by atoms with Crippen LogP contribution in [0, 0.1) is 5.82 Å². The number of benzene rings is 1. The van der Waals surface area contributed by atoms with Crippen molar-refractivity contribution < 1.29 is 14.0 Å². The SMILES string of the molecule is CC(C)N(CC(N)=O)C(=O)Cc1c(F)cccc1Cl. The fourth-order valence-electron chi connectivity index (χ4n) is 1.68. The Bertz CT molecular complexity index is 471. The summed E-state index contributed by atoms with van der Waals surface area (Å²) >= 11 is 5.86. The molecule has 0 saturated carbocycles. The highest BCUT2D eigenvalue weighted by Gasteiger charge is 2.21. The van der Waals surface area contributed by atoms with Crippen LogP contribution in [0.15, 0.2) is 18.2 Å². The number of halogens is 2. The topological polar surface area (TPSA) is 63.4 Å². The zero-order valence-electron chi connectivity index (χ0n) is 10.8. The van der Waals surface area contributed by atoms with Gasteiger partial charge in [-0.05, 0) is 26.0 Å². The Balaban J connectivity index is 2.90. The summed E-state index contributed by atoms with van der Waals surface area (Å²) < 4.78 is 13.6. The van der Waals surface area contributed by atoms with Crippen LogP contribution in [0.3, 0.4) is 0 Å². The lowest BCUT2D eigenvalue weighted by atomic mass is 10.1. The molecule has 2 amide bonds. The summed E-state index contributed by atoms with van der Waals surface area (Å²) in [5.41, 5.74) is 5.22. The van der Waals surface area contributed by atoms with Gasteiger partial charge in [0.1, 0.15) is 5.82 Å². The van der Waals surface area contributed by atoms with E-state index in [0.717, 1.165) is 0 Å². The number of nitrogens with zero attached hydrogens (tertiary/aromatic N) is 1. The second-order valence-electron chi connectivity index (χ2n) is 4.46. The number of primary amides is 1. The molecule has 6 heteroatoms. The van der Waals surface area contributed by atoms with Gasteiger partial charge in [-0.3, -0.25) is 9.59 Å². The summed E-state index contributed by atoms with van der Waals surface area (Å²) in [6.07, 6.45) is -0.197. The summed E-state index contributed by atoms with van der Waals surface area (Å²) in [6, 6.07) is 4.02. The number of carbonyl (C=O) groups is 2. The molecule has 1 rings (SSSR count). The molecule has 1 aromatic rings. The Labute approximate surface area is 116 Å². The molecule has 19 heavy (non-hydrogen) atoms. The first-order valence-electron chi connectivity index (χ1n) is 5.83. The maximum absolute atomic E-state index is 13.6. The molecule has 104 valence electrons. The van der Waals surface area contributed by atoms with Gasteiger partial charge < -0.3 is 10.6 Å². The maximum atomic E-state index is 13.6. The van der Waals surface area contributed by atoms with E-state index in [2.05, 4.69) is 0 Å². The van der Waals surface area contributed by atoms with Crippen molar-refractivity contribution in [3.8, 4) is 0 Å². The summed E-state index contributed by atoms with van der Waals surface area (Å²) in [4.78, 5) is 24.3. The Hall–Kier alpha value is -1.62. The Kier molecular flexibility index (Phi) is 5.30. The average Bonchev–Trinajstić information content (AvgIpc) is 2.30. The lowest BCUT2D eigenvalue weighted by Crippen LogP contribution is -2.43. The largest absolute Gasteiger partial charge is 0.368 e. The van der Waals surface area contributed by atoms with Gasteiger partial charge in [0, 0.05) is 16.6 Å². The minimum Gasteiger partial charge on any atom is -0.368 e. The lowest BCUT2D eigenvalue weighted by molar-refractivity contribution is -0.136. The fraction of sp³-hybridized carbons (Fsp3) is 0.385. The Morgan fingerprint density at radius 3 is 2.53 bits per heavy atom. The Morgan fingerprint density at radius 1 is 1.42 bits per heavy atom. The summed E-state index contributed by atoms with van der Waals surface area (Å²) in [5.74, 6) is -1.54. The van der Waals surface area contributed by atoms with Crippen LogP contribution in [0.5, 0.6) is 0 Å². The monoisotopic (exact) mass is 286 g/mol. The highest BCUT2D eigenvalue weighted by molar-refractivity contribution is 6.31. The second kappa shape index (κ2) is 6.52. The second-order valence-corrected chi connectivity index (χ2v) is 4.87. The van der Waals surface area contributed by atoms with Crippen LogP contribution in [0.4, 0.5) is 4.39 Å². The van der Waals surface area contributed by atoms with E-state index < -0.39 is 11.7 Å². The molecule has 0 spiro atoms. The van der Waals surface area contributed by atoms with Gasteiger partial charge >= 0.3 is 0 Å². The molecular weight excluding hydrogens is 271 g/mol. The van der Waals surface area contributed by atoms with E-state index >= 15 is 0 Å². The van der Waals surface area contributed by atoms with Crippen molar-refractivity contribution in [1.82, 2.24) is 4.90 Å². The molecule has 0 aliphatic heterocycles. The van der Waals surface area contributed by atoms with E-state index in [4.69, 9.17) is 17.3 Å². The third kappa shape index (κ3) is 4.21. The molecule has 0 fully saturated rings. The highest BCUT2D eigenvalue weighted by Crippen LogP contribution is 2.20. The predicted molar refractivity (Wildman–Crippen MR) is 71.2 cm³/mol. The molecule has 0 bridgehead atoms. The summed E-state index contributed by atoms with van der Waals surface area (Å²) in [6.45, 7) is 3.32. The first-order chi connectivity index (χ1) is 8.82. The average molecular weight is 287 g/mol. The predicted octanol–water partition coefficient (Wildman–Crippen LogP) is 1.74. The van der Waals surface area contributed by atoms with Gasteiger partial charge in [0.05, 0.1) is 13.0 Å². The van der Waals surface area contributed by atoms with Crippen molar-refractivity contribution in [1.29, 1.82) is 0 Å². The van der Waals surface area contributed by atoms with Crippen molar-refractivity contribution in [3.63, 3.8) is 0 Å². The van der Waals surface area contributed by atoms with Gasteiger partial charge in [-0.1, -0.05) is 17.7 Å². The minimum absolute atomic E-state index is 0.129. The van der Waals surface area contributed by atoms with E-state index in [-0.39, 0.29) is 35.5 Å². The van der Waals surface area contributed by atoms with Gasteiger partial charge in [-0.2, -0.15) is 0 Å². The highest BCUT2D eigenvalue weighted by atomic mass is 35.5. The maximum Gasteiger partial charge on any atom is 0.237 e. The zero-order valence-corrected chi connectivity index (χ0v) is 11.6. The Morgan fingerprint density at radius 2 is 2.05 bits per heavy atom. The van der Waals surface area contributed by atoms with E-state index in [1.54, 1.807) is 13.8 Å². The molecule has 0 saturated heterocycles. The number of hydrogen-bond donors (Lipinski definition) is 1. The third-order valence-corrected chi connectivity index (χ3v) is 3.01. The smallest absolute Gasteiger partial charge is 0.237 e. The molecule has 0 atom stereocenters. The van der Waals surface area contributed by atoms with Gasteiger partial charge in [-0.15, -0.1) is 0 Å². The van der Waals surface area contributed by atoms with E-state index in [1.165, 1.54) is 23.1 Å². The first-order valence-corrected chi connectivity index (χ1v) is 6.21. The van der Waals surface area contributed by atoms with Crippen molar-refractivity contribution in [3.05, 3.63) is 34.6 Å². The van der Waals surface area contributed by atoms with E-state index in [0.29, 0.717) is 0 Å². The molecule has 0 radical (unpaired) electrons. The first kappa shape index (κ1) is 15.4. The molecule has 0 unspecified atom stereocenters. The van der Waals surface area contributed by atoms with Crippen LogP contribution in [0.25, 0.3) is 0 Å². The van der Waals surface area contributed by atoms with Crippen molar-refractivity contribution in [2.45, 2.75) is 26.3 Å². The lowest BCUT2D eigenvalue weighted by Gasteiger charge is -2.25. The molecule has 4 nitrogen and oxygen atoms in total. The van der Waals surface area contributed by atoms with E-state index in [9.17, 15) is 14.0 Å². The number of nitrogens with two attached hydrogens (primary N) is 1. The summed E-state index contributed by atoms with van der Waals surface area (Å²) in [7, 11) is 0. The molecule has 1 aromatic carbocycles. The van der Waals surface area contributed by atoms with Crippen LogP contribution in [-0.2, 0) is 16.0 Å². The van der Waals surface area contributed by atoms with Crippen molar-refractivity contribution >= 4 is 23.4 Å². The fourth-order valence-corrected chi connectivity index (χ4v) is 1.91. The van der Waals surface area contributed by atoms with Crippen molar-refractivity contribution in [2.75, 3.05) is 6.54 Å². The van der Waals surface area contributed by atoms with Crippen LogP contribution >= 0.6 is 11.6 Å². The van der Waals surface area contributed by atoms with Gasteiger partial charge in [-0.25, -0.2) is 4.39 Å². The van der Waals surface area contributed by atoms with Gasteiger partial charge in [0.2, 0.25) is 11.8 Å². The van der Waals surface area contributed by atoms with Crippen molar-refractivity contribution in [2.24, 2.45) is 5.73 Å². The van der Waals surface area contributed by atoms with Gasteiger partial charge in [0.25, 0.3) is 0 Å². The van der Waals surface area contributed by atoms with Crippen LogP contribution in [0.1, 0.15) is 19.4 Å². The molecule has 0 aliphatic rings. The molecule has 0 aliphatic carbocycles. The molecule has 0 aromatic heterocycles. The normalized spacial score (nSPS) is 10.6. The standard InChI is InChI=1S/C13H16ClFN2O2/c1-8(2)17(7-12(16)18)13(19)6-9-10(14)4-3-5-11(9)15/h3-5,8H,6-7H2,1-2H3,(H2,16,18). The quantitative estimate of drug-likeness (QED) is 0.896.